The topological polar surface area (TPSA) is 58.2 Å². The van der Waals surface area contributed by atoms with Gasteiger partial charge in [0.2, 0.25) is 11.8 Å². The SMILES string of the molecule is CCCCCCC(=O)Nc1ccccc1SSc1ccccc1NC(=O)CCCCC. The van der Waals surface area contributed by atoms with Gasteiger partial charge in [0.05, 0.1) is 11.4 Å². The Morgan fingerprint density at radius 2 is 1.06 bits per heavy atom. The maximum Gasteiger partial charge on any atom is 0.224 e. The molecule has 0 aliphatic rings. The first kappa shape index (κ1) is 25.3. The van der Waals surface area contributed by atoms with Crippen LogP contribution < -0.4 is 10.6 Å². The van der Waals surface area contributed by atoms with Crippen LogP contribution in [0, 0.1) is 0 Å². The Morgan fingerprint density at radius 1 is 0.645 bits per heavy atom. The highest BCUT2D eigenvalue weighted by atomic mass is 33.1. The summed E-state index contributed by atoms with van der Waals surface area (Å²) in [4.78, 5) is 26.5. The average molecular weight is 459 g/mol. The standard InChI is InChI=1S/C25H34N2O2S2/c1-3-5-7-9-19-25(29)27-21-15-11-13-17-23(21)31-30-22-16-12-10-14-20(22)26-24(28)18-8-6-4-2/h10-17H,3-9,18-19H2,1-2H3,(H,26,28)(H,27,29). The van der Waals surface area contributed by atoms with Crippen molar-refractivity contribution in [3.63, 3.8) is 0 Å². The van der Waals surface area contributed by atoms with Crippen LogP contribution in [0.25, 0.3) is 0 Å². The second-order valence-electron chi connectivity index (χ2n) is 7.52. The minimum Gasteiger partial charge on any atom is -0.325 e. The molecule has 168 valence electrons. The van der Waals surface area contributed by atoms with Crippen LogP contribution in [0.1, 0.15) is 71.6 Å². The Bertz CT molecular complexity index is 827. The van der Waals surface area contributed by atoms with E-state index >= 15 is 0 Å². The smallest absolute Gasteiger partial charge is 0.224 e. The van der Waals surface area contributed by atoms with Gasteiger partial charge in [0.1, 0.15) is 0 Å². The zero-order valence-corrected chi connectivity index (χ0v) is 20.2. The van der Waals surface area contributed by atoms with Crippen molar-refractivity contribution in [2.45, 2.75) is 81.4 Å². The third-order valence-corrected chi connectivity index (χ3v) is 7.29. The molecule has 2 N–H and O–H groups in total. The van der Waals surface area contributed by atoms with E-state index < -0.39 is 0 Å². The molecule has 0 saturated carbocycles. The summed E-state index contributed by atoms with van der Waals surface area (Å²) in [7, 11) is 3.17. The van der Waals surface area contributed by atoms with Crippen LogP contribution in [0.5, 0.6) is 0 Å². The molecule has 0 aliphatic heterocycles. The molecule has 0 aliphatic carbocycles. The van der Waals surface area contributed by atoms with Gasteiger partial charge in [0.15, 0.2) is 0 Å². The van der Waals surface area contributed by atoms with E-state index in [1.807, 2.05) is 48.5 Å². The van der Waals surface area contributed by atoms with Gasteiger partial charge in [-0.1, -0.05) is 91.8 Å². The van der Waals surface area contributed by atoms with Gasteiger partial charge in [-0.15, -0.1) is 0 Å². The van der Waals surface area contributed by atoms with Gasteiger partial charge in [-0.3, -0.25) is 9.59 Å². The van der Waals surface area contributed by atoms with Gasteiger partial charge in [0.25, 0.3) is 0 Å². The minimum atomic E-state index is 0.0576. The molecule has 4 nitrogen and oxygen atoms in total. The largest absolute Gasteiger partial charge is 0.325 e. The molecule has 31 heavy (non-hydrogen) atoms. The van der Waals surface area contributed by atoms with Crippen molar-refractivity contribution in [3.8, 4) is 0 Å². The number of hydrogen-bond donors (Lipinski definition) is 2. The fourth-order valence-electron chi connectivity index (χ4n) is 3.05. The summed E-state index contributed by atoms with van der Waals surface area (Å²) < 4.78 is 0. The molecule has 0 bridgehead atoms. The first-order valence-electron chi connectivity index (χ1n) is 11.3. The lowest BCUT2D eigenvalue weighted by molar-refractivity contribution is -0.117. The van der Waals surface area contributed by atoms with E-state index in [2.05, 4.69) is 24.5 Å². The first-order valence-corrected chi connectivity index (χ1v) is 13.4. The normalized spacial score (nSPS) is 10.6. The van der Waals surface area contributed by atoms with E-state index in [9.17, 15) is 9.59 Å². The summed E-state index contributed by atoms with van der Waals surface area (Å²) >= 11 is 0. The van der Waals surface area contributed by atoms with Gasteiger partial charge in [-0.25, -0.2) is 0 Å². The van der Waals surface area contributed by atoms with Crippen LogP contribution in [0.4, 0.5) is 11.4 Å². The summed E-state index contributed by atoms with van der Waals surface area (Å²) in [5.41, 5.74) is 1.67. The maximum atomic E-state index is 12.3. The van der Waals surface area contributed by atoms with Crippen molar-refractivity contribution in [3.05, 3.63) is 48.5 Å². The number of para-hydroxylation sites is 2. The summed E-state index contributed by atoms with van der Waals surface area (Å²) in [6.45, 7) is 4.30. The summed E-state index contributed by atoms with van der Waals surface area (Å²) in [5.74, 6) is 0.121. The van der Waals surface area contributed by atoms with Crippen molar-refractivity contribution in [2.24, 2.45) is 0 Å². The number of anilines is 2. The Labute approximate surface area is 194 Å². The van der Waals surface area contributed by atoms with E-state index in [0.717, 1.165) is 53.3 Å². The predicted octanol–water partition coefficient (Wildman–Crippen LogP) is 7.91. The molecular weight excluding hydrogens is 424 g/mol. The number of hydrogen-bond acceptors (Lipinski definition) is 4. The van der Waals surface area contributed by atoms with E-state index in [4.69, 9.17) is 0 Å². The predicted molar refractivity (Wildman–Crippen MR) is 135 cm³/mol. The summed E-state index contributed by atoms with van der Waals surface area (Å²) in [5, 5.41) is 6.10. The molecular formula is C25H34N2O2S2. The average Bonchev–Trinajstić information content (AvgIpc) is 2.77. The second kappa shape index (κ2) is 15.0. The van der Waals surface area contributed by atoms with Gasteiger partial charge < -0.3 is 10.6 Å². The number of unbranched alkanes of at least 4 members (excludes halogenated alkanes) is 5. The molecule has 0 radical (unpaired) electrons. The molecule has 0 saturated heterocycles. The molecule has 0 spiro atoms. The highest BCUT2D eigenvalue weighted by Crippen LogP contribution is 2.43. The summed E-state index contributed by atoms with van der Waals surface area (Å²) in [6.07, 6.45) is 8.55. The van der Waals surface area contributed by atoms with Gasteiger partial charge in [-0.2, -0.15) is 0 Å². The highest BCUT2D eigenvalue weighted by Gasteiger charge is 2.11. The zero-order chi connectivity index (χ0) is 22.3. The quantitative estimate of drug-likeness (QED) is 0.223. The fraction of sp³-hybridized carbons (Fsp3) is 0.440. The molecule has 0 aromatic heterocycles. The number of nitrogens with one attached hydrogen (secondary N) is 2. The highest BCUT2D eigenvalue weighted by molar-refractivity contribution is 8.76. The zero-order valence-electron chi connectivity index (χ0n) is 18.6. The summed E-state index contributed by atoms with van der Waals surface area (Å²) in [6, 6.07) is 15.7. The Hall–Kier alpha value is -1.92. The Morgan fingerprint density at radius 3 is 1.55 bits per heavy atom. The van der Waals surface area contributed by atoms with Crippen molar-refractivity contribution in [2.75, 3.05) is 10.6 Å². The van der Waals surface area contributed by atoms with Crippen molar-refractivity contribution in [1.82, 2.24) is 0 Å². The second-order valence-corrected chi connectivity index (χ2v) is 9.74. The molecule has 0 atom stereocenters. The Balaban J connectivity index is 1.95. The van der Waals surface area contributed by atoms with Crippen molar-refractivity contribution >= 4 is 44.8 Å². The third-order valence-electron chi connectivity index (χ3n) is 4.81. The van der Waals surface area contributed by atoms with Crippen LogP contribution in [-0.4, -0.2) is 11.8 Å². The van der Waals surface area contributed by atoms with Gasteiger partial charge in [0, 0.05) is 22.6 Å². The molecule has 2 aromatic rings. The van der Waals surface area contributed by atoms with Crippen LogP contribution in [0.15, 0.2) is 58.3 Å². The van der Waals surface area contributed by atoms with Gasteiger partial charge >= 0.3 is 0 Å². The Kier molecular flexibility index (Phi) is 12.2. The van der Waals surface area contributed by atoms with E-state index in [1.54, 1.807) is 21.6 Å². The number of rotatable bonds is 14. The molecule has 2 rings (SSSR count). The maximum absolute atomic E-state index is 12.3. The molecule has 6 heteroatoms. The number of amides is 2. The molecule has 2 amide bonds. The molecule has 0 fully saturated rings. The minimum absolute atomic E-state index is 0.0576. The lowest BCUT2D eigenvalue weighted by Gasteiger charge is -2.13. The lowest BCUT2D eigenvalue weighted by atomic mass is 10.1. The first-order chi connectivity index (χ1) is 15.1. The lowest BCUT2D eigenvalue weighted by Crippen LogP contribution is -2.12. The van der Waals surface area contributed by atoms with Crippen molar-refractivity contribution in [1.29, 1.82) is 0 Å². The molecule has 2 aromatic carbocycles. The third kappa shape index (κ3) is 9.83. The fourth-order valence-corrected chi connectivity index (χ4v) is 5.32. The van der Waals surface area contributed by atoms with E-state index in [0.29, 0.717) is 12.8 Å². The number of carbonyl (C=O) groups is 2. The van der Waals surface area contributed by atoms with Crippen LogP contribution in [0.2, 0.25) is 0 Å². The number of carbonyl (C=O) groups excluding carboxylic acids is 2. The van der Waals surface area contributed by atoms with Crippen LogP contribution in [0.3, 0.4) is 0 Å². The van der Waals surface area contributed by atoms with Gasteiger partial charge in [-0.05, 0) is 37.1 Å². The van der Waals surface area contributed by atoms with Crippen LogP contribution in [-0.2, 0) is 9.59 Å². The monoisotopic (exact) mass is 458 g/mol. The van der Waals surface area contributed by atoms with Crippen LogP contribution >= 0.6 is 21.6 Å². The van der Waals surface area contributed by atoms with E-state index in [-0.39, 0.29) is 11.8 Å². The molecule has 0 unspecified atom stereocenters. The van der Waals surface area contributed by atoms with E-state index in [1.165, 1.54) is 12.8 Å². The number of benzene rings is 2. The van der Waals surface area contributed by atoms with Crippen molar-refractivity contribution < 1.29 is 9.59 Å². The molecule has 0 heterocycles.